The molecule has 112 valence electrons. The second-order valence-electron chi connectivity index (χ2n) is 4.60. The molecule has 0 saturated heterocycles. The van der Waals surface area contributed by atoms with Gasteiger partial charge in [0.05, 0.1) is 17.7 Å². The number of aliphatic hydroxyl groups excluding tert-OH is 1. The third-order valence-corrected chi connectivity index (χ3v) is 3.51. The molecule has 0 spiro atoms. The Labute approximate surface area is 129 Å². The topological polar surface area (TPSA) is 46.3 Å². The number of hydrogen-bond acceptors (Lipinski definition) is 3. The molecule has 0 saturated carbocycles. The molecular formula is C16H10ClF2NO2. The van der Waals surface area contributed by atoms with Crippen molar-refractivity contribution < 1.29 is 18.4 Å². The first-order valence-electron chi connectivity index (χ1n) is 6.41. The zero-order valence-electron chi connectivity index (χ0n) is 11.2. The molecule has 0 unspecified atom stereocenters. The highest BCUT2D eigenvalue weighted by Gasteiger charge is 2.23. The van der Waals surface area contributed by atoms with Crippen LogP contribution in [0.3, 0.4) is 0 Å². The van der Waals surface area contributed by atoms with E-state index in [0.29, 0.717) is 16.3 Å². The van der Waals surface area contributed by atoms with Crippen molar-refractivity contribution in [2.75, 3.05) is 0 Å². The number of nitrogens with zero attached hydrogens (tertiary/aromatic N) is 1. The summed E-state index contributed by atoms with van der Waals surface area (Å²) >= 11 is 5.82. The van der Waals surface area contributed by atoms with E-state index in [-0.39, 0.29) is 16.9 Å². The third-order valence-electron chi connectivity index (χ3n) is 3.25. The van der Waals surface area contributed by atoms with Gasteiger partial charge in [-0.3, -0.25) is 0 Å². The maximum Gasteiger partial charge on any atom is 0.178 e. The van der Waals surface area contributed by atoms with Crippen molar-refractivity contribution in [2.45, 2.75) is 6.61 Å². The summed E-state index contributed by atoms with van der Waals surface area (Å²) in [6.07, 6.45) is 0. The van der Waals surface area contributed by atoms with Gasteiger partial charge >= 0.3 is 0 Å². The standard InChI is InChI=1S/C16H10ClF2NO2/c17-10-6-4-9(5-7-10)15-11(8-21)16(22-20-15)14-12(18)2-1-3-13(14)19/h1-7,21H,8H2. The lowest BCUT2D eigenvalue weighted by molar-refractivity contribution is 0.281. The molecule has 3 aromatic rings. The van der Waals surface area contributed by atoms with Gasteiger partial charge in [0.15, 0.2) is 5.76 Å². The monoisotopic (exact) mass is 321 g/mol. The second kappa shape index (κ2) is 5.87. The minimum atomic E-state index is -0.784. The molecule has 0 aliphatic carbocycles. The first-order valence-corrected chi connectivity index (χ1v) is 6.79. The van der Waals surface area contributed by atoms with Gasteiger partial charge in [-0.05, 0) is 24.3 Å². The molecule has 0 aliphatic rings. The Morgan fingerprint density at radius 1 is 1.05 bits per heavy atom. The minimum absolute atomic E-state index is 0.122. The predicted octanol–water partition coefficient (Wildman–Crippen LogP) is 4.43. The normalized spacial score (nSPS) is 10.9. The van der Waals surface area contributed by atoms with E-state index in [4.69, 9.17) is 16.1 Å². The quantitative estimate of drug-likeness (QED) is 0.776. The van der Waals surface area contributed by atoms with Crippen molar-refractivity contribution in [3.8, 4) is 22.6 Å². The maximum atomic E-state index is 13.9. The van der Waals surface area contributed by atoms with Gasteiger partial charge in [-0.25, -0.2) is 8.78 Å². The first-order chi connectivity index (χ1) is 10.6. The highest BCUT2D eigenvalue weighted by atomic mass is 35.5. The van der Waals surface area contributed by atoms with Crippen molar-refractivity contribution in [2.24, 2.45) is 0 Å². The molecule has 0 bridgehead atoms. The molecule has 0 radical (unpaired) electrons. The Bertz CT molecular complexity index is 795. The van der Waals surface area contributed by atoms with Gasteiger partial charge in [-0.2, -0.15) is 0 Å². The fourth-order valence-electron chi connectivity index (χ4n) is 2.20. The number of benzene rings is 2. The average Bonchev–Trinajstić information content (AvgIpc) is 2.91. The van der Waals surface area contributed by atoms with Crippen LogP contribution in [0.5, 0.6) is 0 Å². The van der Waals surface area contributed by atoms with Gasteiger partial charge < -0.3 is 9.63 Å². The molecule has 2 aromatic carbocycles. The Morgan fingerprint density at radius 2 is 1.68 bits per heavy atom. The fourth-order valence-corrected chi connectivity index (χ4v) is 2.33. The van der Waals surface area contributed by atoms with Gasteiger partial charge in [0.2, 0.25) is 0 Å². The highest BCUT2D eigenvalue weighted by molar-refractivity contribution is 6.30. The van der Waals surface area contributed by atoms with E-state index in [1.807, 2.05) is 0 Å². The van der Waals surface area contributed by atoms with Gasteiger partial charge in [-0.1, -0.05) is 35.0 Å². The number of halogens is 3. The van der Waals surface area contributed by atoms with Crippen LogP contribution in [0, 0.1) is 11.6 Å². The van der Waals surface area contributed by atoms with Crippen LogP contribution >= 0.6 is 11.6 Å². The molecule has 1 heterocycles. The summed E-state index contributed by atoms with van der Waals surface area (Å²) in [6.45, 7) is -0.468. The summed E-state index contributed by atoms with van der Waals surface area (Å²) in [5.74, 6) is -1.69. The van der Waals surface area contributed by atoms with E-state index in [1.54, 1.807) is 24.3 Å². The van der Waals surface area contributed by atoms with Crippen LogP contribution < -0.4 is 0 Å². The zero-order valence-corrected chi connectivity index (χ0v) is 11.9. The van der Waals surface area contributed by atoms with Gasteiger partial charge in [0, 0.05) is 10.6 Å². The lowest BCUT2D eigenvalue weighted by atomic mass is 10.0. The van der Waals surface area contributed by atoms with E-state index >= 15 is 0 Å². The summed E-state index contributed by atoms with van der Waals surface area (Å²) < 4.78 is 32.9. The van der Waals surface area contributed by atoms with Crippen LogP contribution in [0.25, 0.3) is 22.6 Å². The van der Waals surface area contributed by atoms with E-state index < -0.39 is 18.2 Å². The van der Waals surface area contributed by atoms with Crippen LogP contribution in [0.15, 0.2) is 47.0 Å². The Balaban J connectivity index is 2.18. The summed E-state index contributed by atoms with van der Waals surface area (Å²) in [5.41, 5.74) is 0.808. The number of rotatable bonds is 3. The zero-order chi connectivity index (χ0) is 15.7. The van der Waals surface area contributed by atoms with E-state index in [2.05, 4.69) is 5.16 Å². The van der Waals surface area contributed by atoms with Crippen molar-refractivity contribution in [1.82, 2.24) is 5.16 Å². The Morgan fingerprint density at radius 3 is 2.27 bits per heavy atom. The number of hydrogen-bond donors (Lipinski definition) is 1. The van der Waals surface area contributed by atoms with Crippen molar-refractivity contribution in [1.29, 1.82) is 0 Å². The molecule has 3 nitrogen and oxygen atoms in total. The molecule has 1 N–H and O–H groups in total. The summed E-state index contributed by atoms with van der Waals surface area (Å²) in [4.78, 5) is 0. The molecule has 3 rings (SSSR count). The van der Waals surface area contributed by atoms with Crippen LogP contribution in [-0.4, -0.2) is 10.3 Å². The largest absolute Gasteiger partial charge is 0.391 e. The lowest BCUT2D eigenvalue weighted by Crippen LogP contribution is -1.93. The van der Waals surface area contributed by atoms with E-state index in [9.17, 15) is 13.9 Å². The predicted molar refractivity (Wildman–Crippen MR) is 78.2 cm³/mol. The van der Waals surface area contributed by atoms with Crippen LogP contribution in [0.2, 0.25) is 5.02 Å². The average molecular weight is 322 g/mol. The molecule has 0 fully saturated rings. The van der Waals surface area contributed by atoms with Gasteiger partial charge in [0.25, 0.3) is 0 Å². The maximum absolute atomic E-state index is 13.9. The van der Waals surface area contributed by atoms with Gasteiger partial charge in [-0.15, -0.1) is 0 Å². The van der Waals surface area contributed by atoms with Crippen molar-refractivity contribution in [3.05, 3.63) is 64.7 Å². The second-order valence-corrected chi connectivity index (χ2v) is 5.04. The molecule has 0 aliphatic heterocycles. The van der Waals surface area contributed by atoms with E-state index in [1.165, 1.54) is 6.07 Å². The molecular weight excluding hydrogens is 312 g/mol. The summed E-state index contributed by atoms with van der Waals surface area (Å²) in [6, 6.07) is 10.1. The summed E-state index contributed by atoms with van der Waals surface area (Å²) in [5, 5.41) is 14.0. The number of aliphatic hydroxyl groups is 1. The highest BCUT2D eigenvalue weighted by Crippen LogP contribution is 2.35. The molecule has 1 aromatic heterocycles. The van der Waals surface area contributed by atoms with Gasteiger partial charge in [0.1, 0.15) is 17.3 Å². The van der Waals surface area contributed by atoms with Crippen molar-refractivity contribution >= 4 is 11.6 Å². The third kappa shape index (κ3) is 2.49. The summed E-state index contributed by atoms with van der Waals surface area (Å²) in [7, 11) is 0. The smallest absolute Gasteiger partial charge is 0.178 e. The lowest BCUT2D eigenvalue weighted by Gasteiger charge is -2.04. The van der Waals surface area contributed by atoms with Crippen LogP contribution in [-0.2, 0) is 6.61 Å². The Kier molecular flexibility index (Phi) is 3.92. The molecule has 0 amide bonds. The fraction of sp³-hybridized carbons (Fsp3) is 0.0625. The minimum Gasteiger partial charge on any atom is -0.391 e. The molecule has 6 heteroatoms. The van der Waals surface area contributed by atoms with E-state index in [0.717, 1.165) is 12.1 Å². The molecule has 22 heavy (non-hydrogen) atoms. The van der Waals surface area contributed by atoms with Crippen molar-refractivity contribution in [3.63, 3.8) is 0 Å². The van der Waals surface area contributed by atoms with Crippen LogP contribution in [0.1, 0.15) is 5.56 Å². The SMILES string of the molecule is OCc1c(-c2ccc(Cl)cc2)noc1-c1c(F)cccc1F. The Hall–Kier alpha value is -2.24. The number of aromatic nitrogens is 1. The van der Waals surface area contributed by atoms with Crippen LogP contribution in [0.4, 0.5) is 8.78 Å². The first kappa shape index (κ1) is 14.7. The molecule has 0 atom stereocenters.